The molecule has 2 N–H and O–H groups in total. The second-order valence-electron chi connectivity index (χ2n) is 4.84. The number of nitrogen functional groups attached to an aromatic ring is 1. The molecule has 21 heavy (non-hydrogen) atoms. The minimum atomic E-state index is -0.212. The van der Waals surface area contributed by atoms with Crippen LogP contribution in [0.1, 0.15) is 21.5 Å². The van der Waals surface area contributed by atoms with Crippen molar-refractivity contribution >= 4 is 11.6 Å². The number of anilines is 1. The Morgan fingerprint density at radius 2 is 1.90 bits per heavy atom. The number of aryl methyl sites for hydroxylation is 1. The maximum Gasteiger partial charge on any atom is 0.257 e. The van der Waals surface area contributed by atoms with E-state index in [4.69, 9.17) is 11.0 Å². The Labute approximate surface area is 124 Å². The second-order valence-corrected chi connectivity index (χ2v) is 4.84. The number of hydrogen-bond acceptors (Lipinski definition) is 3. The van der Waals surface area contributed by atoms with Gasteiger partial charge in [0.05, 0.1) is 11.6 Å². The molecule has 1 amide bonds. The average Bonchev–Trinajstić information content (AvgIpc) is 2.47. The fraction of sp³-hybridized carbons (Fsp3) is 0.176. The third kappa shape index (κ3) is 3.40. The number of carbonyl (C=O) groups is 1. The van der Waals surface area contributed by atoms with Gasteiger partial charge in [-0.1, -0.05) is 42.5 Å². The van der Waals surface area contributed by atoms with Gasteiger partial charge >= 0.3 is 0 Å². The normalized spacial score (nSPS) is 9.90. The molecule has 0 saturated carbocycles. The van der Waals surface area contributed by atoms with Crippen LogP contribution in [-0.2, 0) is 6.54 Å². The van der Waals surface area contributed by atoms with Crippen molar-refractivity contribution in [3.8, 4) is 6.07 Å². The zero-order valence-corrected chi connectivity index (χ0v) is 11.9. The molecular weight excluding hydrogens is 262 g/mol. The van der Waals surface area contributed by atoms with Gasteiger partial charge in [-0.05, 0) is 24.1 Å². The summed E-state index contributed by atoms with van der Waals surface area (Å²) >= 11 is 0. The maximum atomic E-state index is 12.7. The van der Waals surface area contributed by atoms with Crippen molar-refractivity contribution in [1.29, 1.82) is 5.26 Å². The molecule has 0 aliphatic rings. The van der Waals surface area contributed by atoms with Crippen LogP contribution in [0.25, 0.3) is 0 Å². The molecular formula is C17H17N3O. The lowest BCUT2D eigenvalue weighted by atomic mass is 10.0. The molecule has 4 nitrogen and oxygen atoms in total. The molecule has 0 atom stereocenters. The Balaban J connectivity index is 2.30. The molecule has 0 bridgehead atoms. The maximum absolute atomic E-state index is 12.7. The Kier molecular flexibility index (Phi) is 4.57. The SMILES string of the molecule is Cc1cccc(N)c1C(=O)N(CC#N)Cc1ccccc1. The van der Waals surface area contributed by atoms with Crippen LogP contribution in [0.15, 0.2) is 48.5 Å². The number of nitrogens with zero attached hydrogens (tertiary/aromatic N) is 2. The first-order valence-corrected chi connectivity index (χ1v) is 6.68. The summed E-state index contributed by atoms with van der Waals surface area (Å²) < 4.78 is 0. The van der Waals surface area contributed by atoms with Crippen LogP contribution in [0.5, 0.6) is 0 Å². The minimum Gasteiger partial charge on any atom is -0.398 e. The van der Waals surface area contributed by atoms with Crippen molar-refractivity contribution in [3.05, 3.63) is 65.2 Å². The van der Waals surface area contributed by atoms with E-state index in [2.05, 4.69) is 0 Å². The monoisotopic (exact) mass is 279 g/mol. The van der Waals surface area contributed by atoms with Gasteiger partial charge in [0.15, 0.2) is 0 Å². The molecule has 106 valence electrons. The van der Waals surface area contributed by atoms with Crippen LogP contribution in [-0.4, -0.2) is 17.4 Å². The van der Waals surface area contributed by atoms with Crippen LogP contribution < -0.4 is 5.73 Å². The van der Waals surface area contributed by atoms with Crippen LogP contribution in [0.2, 0.25) is 0 Å². The first-order chi connectivity index (χ1) is 10.1. The summed E-state index contributed by atoms with van der Waals surface area (Å²) in [6, 6.07) is 17.0. The molecule has 4 heteroatoms. The lowest BCUT2D eigenvalue weighted by molar-refractivity contribution is 0.0765. The smallest absolute Gasteiger partial charge is 0.257 e. The fourth-order valence-electron chi connectivity index (χ4n) is 2.23. The van der Waals surface area contributed by atoms with Gasteiger partial charge in [0.25, 0.3) is 5.91 Å². The number of amides is 1. The van der Waals surface area contributed by atoms with Crippen molar-refractivity contribution in [3.63, 3.8) is 0 Å². The number of rotatable bonds is 4. The van der Waals surface area contributed by atoms with Crippen molar-refractivity contribution in [2.24, 2.45) is 0 Å². The molecule has 0 fully saturated rings. The average molecular weight is 279 g/mol. The van der Waals surface area contributed by atoms with E-state index in [9.17, 15) is 4.79 Å². The minimum absolute atomic E-state index is 0.0293. The summed E-state index contributed by atoms with van der Waals surface area (Å²) in [6.07, 6.45) is 0. The summed E-state index contributed by atoms with van der Waals surface area (Å²) in [5.41, 5.74) is 8.63. The predicted octanol–water partition coefficient (Wildman–Crippen LogP) is 2.74. The van der Waals surface area contributed by atoms with Gasteiger partial charge in [0.1, 0.15) is 6.54 Å². The lowest BCUT2D eigenvalue weighted by Crippen LogP contribution is -2.32. The fourth-order valence-corrected chi connectivity index (χ4v) is 2.23. The van der Waals surface area contributed by atoms with Crippen LogP contribution >= 0.6 is 0 Å². The molecule has 2 aromatic carbocycles. The van der Waals surface area contributed by atoms with Gasteiger partial charge in [0, 0.05) is 12.2 Å². The van der Waals surface area contributed by atoms with E-state index in [1.54, 1.807) is 6.07 Å². The molecule has 0 saturated heterocycles. The Hall–Kier alpha value is -2.80. The van der Waals surface area contributed by atoms with E-state index in [1.807, 2.05) is 55.5 Å². The lowest BCUT2D eigenvalue weighted by Gasteiger charge is -2.21. The van der Waals surface area contributed by atoms with Gasteiger partial charge in [0.2, 0.25) is 0 Å². The quantitative estimate of drug-likeness (QED) is 0.691. The number of benzene rings is 2. The highest BCUT2D eigenvalue weighted by atomic mass is 16.2. The first kappa shape index (κ1) is 14.6. The van der Waals surface area contributed by atoms with Crippen LogP contribution in [0.3, 0.4) is 0 Å². The number of nitriles is 1. The zero-order chi connectivity index (χ0) is 15.2. The second kappa shape index (κ2) is 6.58. The summed E-state index contributed by atoms with van der Waals surface area (Å²) in [6.45, 7) is 2.26. The van der Waals surface area contributed by atoms with Gasteiger partial charge in [-0.15, -0.1) is 0 Å². The first-order valence-electron chi connectivity index (χ1n) is 6.68. The summed E-state index contributed by atoms with van der Waals surface area (Å²) in [7, 11) is 0. The Morgan fingerprint density at radius 1 is 1.19 bits per heavy atom. The van der Waals surface area contributed by atoms with Crippen molar-refractivity contribution in [2.75, 3.05) is 12.3 Å². The van der Waals surface area contributed by atoms with E-state index >= 15 is 0 Å². The highest BCUT2D eigenvalue weighted by Crippen LogP contribution is 2.19. The summed E-state index contributed by atoms with van der Waals surface area (Å²) in [5, 5.41) is 8.97. The molecule has 2 rings (SSSR count). The summed E-state index contributed by atoms with van der Waals surface area (Å²) in [5.74, 6) is -0.212. The molecule has 0 aliphatic carbocycles. The van der Waals surface area contributed by atoms with Gasteiger partial charge in [-0.3, -0.25) is 4.79 Å². The highest BCUT2D eigenvalue weighted by molar-refractivity contribution is 6.00. The summed E-state index contributed by atoms with van der Waals surface area (Å²) in [4.78, 5) is 14.2. The standard InChI is InChI=1S/C17H17N3O/c1-13-6-5-9-15(19)16(13)17(21)20(11-10-18)12-14-7-3-2-4-8-14/h2-9H,11-12,19H2,1H3. The topological polar surface area (TPSA) is 70.1 Å². The molecule has 2 aromatic rings. The van der Waals surface area contributed by atoms with Gasteiger partial charge < -0.3 is 10.6 Å². The third-order valence-corrected chi connectivity index (χ3v) is 3.28. The van der Waals surface area contributed by atoms with E-state index in [-0.39, 0.29) is 12.5 Å². The molecule has 0 radical (unpaired) electrons. The predicted molar refractivity (Wildman–Crippen MR) is 82.4 cm³/mol. The Bertz CT molecular complexity index is 654. The third-order valence-electron chi connectivity index (χ3n) is 3.28. The molecule has 0 aliphatic heterocycles. The van der Waals surface area contributed by atoms with E-state index in [1.165, 1.54) is 4.90 Å². The zero-order valence-electron chi connectivity index (χ0n) is 11.9. The van der Waals surface area contributed by atoms with E-state index in [0.717, 1.165) is 11.1 Å². The molecule has 0 heterocycles. The van der Waals surface area contributed by atoms with Crippen LogP contribution in [0.4, 0.5) is 5.69 Å². The van der Waals surface area contributed by atoms with Crippen molar-refractivity contribution < 1.29 is 4.79 Å². The largest absolute Gasteiger partial charge is 0.398 e. The number of hydrogen-bond donors (Lipinski definition) is 1. The van der Waals surface area contributed by atoms with Gasteiger partial charge in [-0.2, -0.15) is 5.26 Å². The molecule has 0 unspecified atom stereocenters. The molecule has 0 spiro atoms. The number of nitrogens with two attached hydrogens (primary N) is 1. The van der Waals surface area contributed by atoms with Crippen molar-refractivity contribution in [2.45, 2.75) is 13.5 Å². The molecule has 0 aromatic heterocycles. The highest BCUT2D eigenvalue weighted by Gasteiger charge is 2.20. The van der Waals surface area contributed by atoms with Crippen LogP contribution in [0, 0.1) is 18.3 Å². The van der Waals surface area contributed by atoms with Gasteiger partial charge in [-0.25, -0.2) is 0 Å². The Morgan fingerprint density at radius 3 is 2.52 bits per heavy atom. The van der Waals surface area contributed by atoms with Crippen molar-refractivity contribution in [1.82, 2.24) is 4.90 Å². The number of carbonyl (C=O) groups excluding carboxylic acids is 1. The van der Waals surface area contributed by atoms with E-state index in [0.29, 0.717) is 17.8 Å². The van der Waals surface area contributed by atoms with E-state index < -0.39 is 0 Å².